The summed E-state index contributed by atoms with van der Waals surface area (Å²) in [6.45, 7) is 1.80. The van der Waals surface area contributed by atoms with Crippen molar-refractivity contribution in [2.45, 2.75) is 19.4 Å². The molecule has 0 spiro atoms. The molecule has 1 aromatic rings. The van der Waals surface area contributed by atoms with E-state index in [1.54, 1.807) is 31.5 Å². The quantitative estimate of drug-likeness (QED) is 0.742. The molecule has 0 fully saturated rings. The van der Waals surface area contributed by atoms with Crippen LogP contribution in [0.2, 0.25) is 0 Å². The Morgan fingerprint density at radius 2 is 1.94 bits per heavy atom. The molecule has 2 amide bonds. The number of rotatable bonds is 5. The van der Waals surface area contributed by atoms with Gasteiger partial charge in [0.2, 0.25) is 5.91 Å². The van der Waals surface area contributed by atoms with Gasteiger partial charge in [0.15, 0.2) is 0 Å². The molecule has 1 unspecified atom stereocenters. The van der Waals surface area contributed by atoms with Crippen molar-refractivity contribution in [2.75, 3.05) is 12.4 Å². The Hall–Kier alpha value is -2.24. The van der Waals surface area contributed by atoms with Crippen molar-refractivity contribution in [3.05, 3.63) is 24.3 Å². The van der Waals surface area contributed by atoms with Gasteiger partial charge < -0.3 is 15.2 Å². The first-order valence-corrected chi connectivity index (χ1v) is 5.44. The Bertz CT molecular complexity index is 417. The number of carbonyl (C=O) groups excluding carboxylic acids is 1. The van der Waals surface area contributed by atoms with E-state index in [2.05, 4.69) is 5.32 Å². The van der Waals surface area contributed by atoms with Gasteiger partial charge in [0, 0.05) is 18.2 Å². The summed E-state index contributed by atoms with van der Waals surface area (Å²) >= 11 is 0. The topological polar surface area (TPSA) is 87.7 Å². The van der Waals surface area contributed by atoms with Crippen LogP contribution in [0.25, 0.3) is 0 Å². The van der Waals surface area contributed by atoms with Crippen molar-refractivity contribution in [3.8, 4) is 5.75 Å². The highest BCUT2D eigenvalue weighted by Crippen LogP contribution is 2.16. The van der Waals surface area contributed by atoms with Gasteiger partial charge in [0.25, 0.3) is 0 Å². The van der Waals surface area contributed by atoms with Crippen LogP contribution in [0, 0.1) is 0 Å². The van der Waals surface area contributed by atoms with Crippen molar-refractivity contribution in [3.63, 3.8) is 0 Å². The normalized spacial score (nSPS) is 11.4. The Balaban J connectivity index is 2.45. The van der Waals surface area contributed by atoms with E-state index in [-0.39, 0.29) is 12.5 Å². The van der Waals surface area contributed by atoms with E-state index >= 15 is 0 Å². The van der Waals surface area contributed by atoms with Crippen molar-refractivity contribution < 1.29 is 19.4 Å². The second-order valence-corrected chi connectivity index (χ2v) is 3.83. The predicted molar refractivity (Wildman–Crippen MR) is 66.9 cm³/mol. The van der Waals surface area contributed by atoms with Crippen molar-refractivity contribution >= 4 is 17.7 Å². The SMILES string of the molecule is COc1ccc(NC(C)CC(=O)NC(=O)O)cc1. The van der Waals surface area contributed by atoms with Crippen molar-refractivity contribution in [1.82, 2.24) is 5.32 Å². The second kappa shape index (κ2) is 6.48. The van der Waals surface area contributed by atoms with Gasteiger partial charge in [-0.05, 0) is 31.2 Å². The third kappa shape index (κ3) is 4.73. The van der Waals surface area contributed by atoms with Crippen LogP contribution in [0.5, 0.6) is 5.75 Å². The highest BCUT2D eigenvalue weighted by atomic mass is 16.5. The first-order valence-electron chi connectivity index (χ1n) is 5.44. The summed E-state index contributed by atoms with van der Waals surface area (Å²) in [4.78, 5) is 21.5. The molecule has 0 heterocycles. The zero-order chi connectivity index (χ0) is 13.5. The molecule has 0 radical (unpaired) electrons. The number of benzene rings is 1. The number of carboxylic acid groups (broad SMARTS) is 1. The fourth-order valence-electron chi connectivity index (χ4n) is 1.47. The van der Waals surface area contributed by atoms with E-state index < -0.39 is 12.0 Å². The zero-order valence-electron chi connectivity index (χ0n) is 10.3. The van der Waals surface area contributed by atoms with Gasteiger partial charge >= 0.3 is 6.09 Å². The number of nitrogens with one attached hydrogen (secondary N) is 2. The second-order valence-electron chi connectivity index (χ2n) is 3.83. The maximum atomic E-state index is 11.2. The Labute approximate surface area is 105 Å². The smallest absolute Gasteiger partial charge is 0.411 e. The molecular weight excluding hydrogens is 236 g/mol. The molecule has 98 valence electrons. The summed E-state index contributed by atoms with van der Waals surface area (Å²) < 4.78 is 5.03. The van der Waals surface area contributed by atoms with Crippen LogP contribution in [0.3, 0.4) is 0 Å². The third-order valence-corrected chi connectivity index (χ3v) is 2.24. The standard InChI is InChI=1S/C12H16N2O4/c1-8(7-11(15)14-12(16)17)13-9-3-5-10(18-2)6-4-9/h3-6,8,13H,7H2,1-2H3,(H,14,15)(H,16,17). The fourth-order valence-corrected chi connectivity index (χ4v) is 1.47. The van der Waals surface area contributed by atoms with Gasteiger partial charge in [0.1, 0.15) is 5.75 Å². The molecule has 0 bridgehead atoms. The summed E-state index contributed by atoms with van der Waals surface area (Å²) in [6, 6.07) is 7.07. The summed E-state index contributed by atoms with van der Waals surface area (Å²) in [5, 5.41) is 13.3. The number of carbonyl (C=O) groups is 2. The van der Waals surface area contributed by atoms with Crippen LogP contribution >= 0.6 is 0 Å². The molecule has 0 saturated heterocycles. The minimum absolute atomic E-state index is 0.0817. The van der Waals surface area contributed by atoms with Gasteiger partial charge in [-0.2, -0.15) is 0 Å². The number of anilines is 1. The number of ether oxygens (including phenoxy) is 1. The molecular formula is C12H16N2O4. The summed E-state index contributed by atoms with van der Waals surface area (Å²) in [7, 11) is 1.58. The Kier molecular flexibility index (Phi) is 4.98. The van der Waals surface area contributed by atoms with Crippen LogP contribution in [-0.2, 0) is 4.79 Å². The lowest BCUT2D eigenvalue weighted by Crippen LogP contribution is -2.32. The van der Waals surface area contributed by atoms with E-state index in [4.69, 9.17) is 9.84 Å². The van der Waals surface area contributed by atoms with Gasteiger partial charge in [-0.1, -0.05) is 0 Å². The van der Waals surface area contributed by atoms with Gasteiger partial charge in [-0.15, -0.1) is 0 Å². The molecule has 1 aromatic carbocycles. The Morgan fingerprint density at radius 3 is 2.44 bits per heavy atom. The maximum Gasteiger partial charge on any atom is 0.411 e. The lowest BCUT2D eigenvalue weighted by Gasteiger charge is -2.14. The van der Waals surface area contributed by atoms with Crippen molar-refractivity contribution in [2.24, 2.45) is 0 Å². The van der Waals surface area contributed by atoms with E-state index in [1.807, 2.05) is 12.1 Å². The van der Waals surface area contributed by atoms with Gasteiger partial charge in [-0.3, -0.25) is 10.1 Å². The lowest BCUT2D eigenvalue weighted by atomic mass is 10.2. The molecule has 0 aliphatic carbocycles. The number of amides is 2. The summed E-state index contributed by atoms with van der Waals surface area (Å²) in [6.07, 6.45) is -1.25. The van der Waals surface area contributed by atoms with Crippen LogP contribution < -0.4 is 15.4 Å². The van der Waals surface area contributed by atoms with E-state index in [0.29, 0.717) is 0 Å². The number of methoxy groups -OCH3 is 1. The van der Waals surface area contributed by atoms with Gasteiger partial charge in [-0.25, -0.2) is 4.79 Å². The molecule has 0 saturated carbocycles. The average Bonchev–Trinajstić information content (AvgIpc) is 2.28. The predicted octanol–water partition coefficient (Wildman–Crippen LogP) is 1.68. The fraction of sp³-hybridized carbons (Fsp3) is 0.333. The molecule has 1 rings (SSSR count). The number of hydrogen-bond acceptors (Lipinski definition) is 4. The summed E-state index contributed by atoms with van der Waals surface area (Å²) in [5.41, 5.74) is 0.839. The lowest BCUT2D eigenvalue weighted by molar-refractivity contribution is -0.120. The number of imide groups is 1. The highest BCUT2D eigenvalue weighted by Gasteiger charge is 2.11. The monoisotopic (exact) mass is 252 g/mol. The molecule has 6 nitrogen and oxygen atoms in total. The molecule has 0 aliphatic heterocycles. The van der Waals surface area contributed by atoms with E-state index in [0.717, 1.165) is 11.4 Å². The first kappa shape index (κ1) is 13.8. The first-order chi connectivity index (χ1) is 8.51. The molecule has 18 heavy (non-hydrogen) atoms. The average molecular weight is 252 g/mol. The molecule has 3 N–H and O–H groups in total. The minimum atomic E-state index is -1.34. The minimum Gasteiger partial charge on any atom is -0.497 e. The van der Waals surface area contributed by atoms with Crippen molar-refractivity contribution in [1.29, 1.82) is 0 Å². The molecule has 1 atom stereocenters. The maximum absolute atomic E-state index is 11.2. The van der Waals surface area contributed by atoms with Crippen LogP contribution in [0.1, 0.15) is 13.3 Å². The van der Waals surface area contributed by atoms with Crippen LogP contribution in [0.4, 0.5) is 10.5 Å². The van der Waals surface area contributed by atoms with Crippen LogP contribution in [-0.4, -0.2) is 30.3 Å². The van der Waals surface area contributed by atoms with Gasteiger partial charge in [0.05, 0.1) is 7.11 Å². The molecule has 6 heteroatoms. The van der Waals surface area contributed by atoms with Crippen LogP contribution in [0.15, 0.2) is 24.3 Å². The largest absolute Gasteiger partial charge is 0.497 e. The molecule has 0 aromatic heterocycles. The zero-order valence-corrected chi connectivity index (χ0v) is 10.3. The van der Waals surface area contributed by atoms with E-state index in [9.17, 15) is 9.59 Å². The summed E-state index contributed by atoms with van der Waals surface area (Å²) in [5.74, 6) is 0.216. The third-order valence-electron chi connectivity index (χ3n) is 2.24. The van der Waals surface area contributed by atoms with E-state index in [1.165, 1.54) is 0 Å². The Morgan fingerprint density at radius 1 is 1.33 bits per heavy atom. The molecule has 0 aliphatic rings. The number of hydrogen-bond donors (Lipinski definition) is 3. The highest BCUT2D eigenvalue weighted by molar-refractivity contribution is 5.91.